The molecule has 1 saturated heterocycles. The predicted octanol–water partition coefficient (Wildman–Crippen LogP) is 2.37. The van der Waals surface area contributed by atoms with Gasteiger partial charge in [0.2, 0.25) is 0 Å². The van der Waals surface area contributed by atoms with E-state index in [1.54, 1.807) is 7.11 Å². The zero-order valence-electron chi connectivity index (χ0n) is 14.8. The van der Waals surface area contributed by atoms with Gasteiger partial charge in [-0.1, -0.05) is 12.1 Å². The van der Waals surface area contributed by atoms with E-state index in [1.807, 2.05) is 36.1 Å². The van der Waals surface area contributed by atoms with Gasteiger partial charge in [-0.3, -0.25) is 0 Å². The SMILES string of the molecule is COCC(C)NC(N)=NCc1cccc(NC(=O)N2CCCC2)c1.I. The normalized spacial score (nSPS) is 15.4. The summed E-state index contributed by atoms with van der Waals surface area (Å²) in [7, 11) is 1.65. The van der Waals surface area contributed by atoms with Crippen molar-refractivity contribution in [1.82, 2.24) is 10.2 Å². The van der Waals surface area contributed by atoms with Gasteiger partial charge in [0.25, 0.3) is 0 Å². The highest BCUT2D eigenvalue weighted by molar-refractivity contribution is 14.0. The molecule has 4 N–H and O–H groups in total. The molecule has 1 aromatic rings. The van der Waals surface area contributed by atoms with Gasteiger partial charge in [0.05, 0.1) is 13.2 Å². The number of ether oxygens (including phenoxy) is 1. The van der Waals surface area contributed by atoms with Crippen LogP contribution in [-0.4, -0.2) is 49.7 Å². The number of halogens is 1. The fourth-order valence-corrected chi connectivity index (χ4v) is 2.64. The van der Waals surface area contributed by atoms with E-state index < -0.39 is 0 Å². The third-order valence-electron chi connectivity index (χ3n) is 3.81. The number of anilines is 1. The number of guanidine groups is 1. The Morgan fingerprint density at radius 2 is 2.12 bits per heavy atom. The average Bonchev–Trinajstić information content (AvgIpc) is 3.08. The Hall–Kier alpha value is -1.55. The van der Waals surface area contributed by atoms with Crippen LogP contribution >= 0.6 is 24.0 Å². The minimum atomic E-state index is -0.0391. The first kappa shape index (κ1) is 21.5. The first-order valence-corrected chi connectivity index (χ1v) is 8.28. The van der Waals surface area contributed by atoms with Crippen LogP contribution < -0.4 is 16.4 Å². The second kappa shape index (κ2) is 11.1. The van der Waals surface area contributed by atoms with Gasteiger partial charge in [0, 0.05) is 31.9 Å². The van der Waals surface area contributed by atoms with Crippen molar-refractivity contribution in [2.24, 2.45) is 10.7 Å². The van der Waals surface area contributed by atoms with Gasteiger partial charge >= 0.3 is 6.03 Å². The van der Waals surface area contributed by atoms with Crippen LogP contribution in [0.2, 0.25) is 0 Å². The van der Waals surface area contributed by atoms with Gasteiger partial charge in [0.15, 0.2) is 5.96 Å². The molecule has 1 fully saturated rings. The summed E-state index contributed by atoms with van der Waals surface area (Å²) in [6, 6.07) is 7.72. The van der Waals surface area contributed by atoms with E-state index in [0.29, 0.717) is 19.1 Å². The highest BCUT2D eigenvalue weighted by atomic mass is 127. The molecule has 1 aliphatic rings. The Balaban J connectivity index is 0.00000312. The molecule has 0 aliphatic carbocycles. The highest BCUT2D eigenvalue weighted by Crippen LogP contribution is 2.14. The van der Waals surface area contributed by atoms with Crippen LogP contribution in [0.25, 0.3) is 0 Å². The maximum atomic E-state index is 12.1. The molecule has 8 heteroatoms. The number of methoxy groups -OCH3 is 1. The third-order valence-corrected chi connectivity index (χ3v) is 3.81. The van der Waals surface area contributed by atoms with Crippen molar-refractivity contribution >= 4 is 41.7 Å². The van der Waals surface area contributed by atoms with Crippen LogP contribution in [0.5, 0.6) is 0 Å². The molecular weight excluding hydrogens is 433 g/mol. The van der Waals surface area contributed by atoms with E-state index >= 15 is 0 Å². The topological polar surface area (TPSA) is 92.0 Å². The molecule has 140 valence electrons. The lowest BCUT2D eigenvalue weighted by Gasteiger charge is -2.16. The van der Waals surface area contributed by atoms with E-state index in [-0.39, 0.29) is 36.0 Å². The smallest absolute Gasteiger partial charge is 0.321 e. The minimum absolute atomic E-state index is 0. The molecular formula is C17H28IN5O2. The molecule has 1 aromatic carbocycles. The Morgan fingerprint density at radius 1 is 1.40 bits per heavy atom. The van der Waals surface area contributed by atoms with Crippen molar-refractivity contribution in [2.75, 3.05) is 32.1 Å². The fourth-order valence-electron chi connectivity index (χ4n) is 2.64. The fraction of sp³-hybridized carbons (Fsp3) is 0.529. The molecule has 0 saturated carbocycles. The summed E-state index contributed by atoms with van der Waals surface area (Å²) in [6.45, 7) is 4.65. The molecule has 0 radical (unpaired) electrons. The number of hydrogen-bond donors (Lipinski definition) is 3. The number of rotatable bonds is 6. The number of hydrogen-bond acceptors (Lipinski definition) is 3. The Labute approximate surface area is 166 Å². The first-order valence-electron chi connectivity index (χ1n) is 8.28. The molecule has 2 amide bonds. The van der Waals surface area contributed by atoms with Crippen LogP contribution in [0.3, 0.4) is 0 Å². The number of nitrogens with zero attached hydrogens (tertiary/aromatic N) is 2. The first-order chi connectivity index (χ1) is 11.6. The van der Waals surface area contributed by atoms with E-state index in [1.165, 1.54) is 0 Å². The van der Waals surface area contributed by atoms with E-state index in [9.17, 15) is 4.79 Å². The van der Waals surface area contributed by atoms with Gasteiger partial charge in [-0.2, -0.15) is 0 Å². The molecule has 2 rings (SSSR count). The number of carbonyl (C=O) groups excluding carboxylic acids is 1. The van der Waals surface area contributed by atoms with Gasteiger partial charge in [-0.15, -0.1) is 24.0 Å². The van der Waals surface area contributed by atoms with E-state index in [0.717, 1.165) is 37.2 Å². The molecule has 1 heterocycles. The molecule has 1 aliphatic heterocycles. The summed E-state index contributed by atoms with van der Waals surface area (Å²) >= 11 is 0. The summed E-state index contributed by atoms with van der Waals surface area (Å²) in [5.74, 6) is 0.381. The number of benzene rings is 1. The van der Waals surface area contributed by atoms with Crippen LogP contribution in [0.4, 0.5) is 10.5 Å². The lowest BCUT2D eigenvalue weighted by Crippen LogP contribution is -2.40. The Kier molecular flexibility index (Phi) is 9.58. The largest absolute Gasteiger partial charge is 0.383 e. The van der Waals surface area contributed by atoms with Gasteiger partial charge < -0.3 is 26.0 Å². The highest BCUT2D eigenvalue weighted by Gasteiger charge is 2.17. The molecule has 25 heavy (non-hydrogen) atoms. The minimum Gasteiger partial charge on any atom is -0.383 e. The number of carbonyl (C=O) groups is 1. The van der Waals surface area contributed by atoms with Crippen molar-refractivity contribution < 1.29 is 9.53 Å². The summed E-state index contributed by atoms with van der Waals surface area (Å²) in [4.78, 5) is 18.3. The van der Waals surface area contributed by atoms with Crippen molar-refractivity contribution in [1.29, 1.82) is 0 Å². The standard InChI is InChI=1S/C17H27N5O2.HI/c1-13(12-24-2)20-16(18)19-11-14-6-5-7-15(10-14)21-17(23)22-8-3-4-9-22;/h5-7,10,13H,3-4,8-9,11-12H2,1-2H3,(H,21,23)(H3,18,19,20);1H. The van der Waals surface area contributed by atoms with Gasteiger partial charge in [-0.25, -0.2) is 9.79 Å². The number of amides is 2. The Morgan fingerprint density at radius 3 is 2.80 bits per heavy atom. The maximum absolute atomic E-state index is 12.1. The number of aliphatic imine (C=N–C) groups is 1. The molecule has 0 aromatic heterocycles. The molecule has 1 atom stereocenters. The van der Waals surface area contributed by atoms with Gasteiger partial charge in [0.1, 0.15) is 0 Å². The lowest BCUT2D eigenvalue weighted by molar-refractivity contribution is 0.179. The predicted molar refractivity (Wildman–Crippen MR) is 111 cm³/mol. The lowest BCUT2D eigenvalue weighted by atomic mass is 10.2. The van der Waals surface area contributed by atoms with Crippen molar-refractivity contribution in [2.45, 2.75) is 32.4 Å². The van der Waals surface area contributed by atoms with Crippen LogP contribution in [0, 0.1) is 0 Å². The average molecular weight is 461 g/mol. The summed E-state index contributed by atoms with van der Waals surface area (Å²) < 4.78 is 5.04. The van der Waals surface area contributed by atoms with Crippen LogP contribution in [0.1, 0.15) is 25.3 Å². The number of nitrogens with one attached hydrogen (secondary N) is 2. The Bertz CT molecular complexity index is 576. The third kappa shape index (κ3) is 7.47. The number of nitrogens with two attached hydrogens (primary N) is 1. The zero-order valence-corrected chi connectivity index (χ0v) is 17.2. The zero-order chi connectivity index (χ0) is 17.4. The second-order valence-electron chi connectivity index (χ2n) is 6.03. The molecule has 0 spiro atoms. The number of urea groups is 1. The summed E-state index contributed by atoms with van der Waals surface area (Å²) in [5, 5.41) is 6.00. The van der Waals surface area contributed by atoms with Crippen molar-refractivity contribution in [3.8, 4) is 0 Å². The molecule has 7 nitrogen and oxygen atoms in total. The van der Waals surface area contributed by atoms with E-state index in [4.69, 9.17) is 10.5 Å². The van der Waals surface area contributed by atoms with E-state index in [2.05, 4.69) is 15.6 Å². The molecule has 1 unspecified atom stereocenters. The quantitative estimate of drug-likeness (QED) is 0.345. The van der Waals surface area contributed by atoms with Crippen LogP contribution in [-0.2, 0) is 11.3 Å². The second-order valence-corrected chi connectivity index (χ2v) is 6.03. The van der Waals surface area contributed by atoms with Crippen molar-refractivity contribution in [3.63, 3.8) is 0 Å². The summed E-state index contributed by atoms with van der Waals surface area (Å²) in [5.41, 5.74) is 7.62. The molecule has 0 bridgehead atoms. The monoisotopic (exact) mass is 461 g/mol. The maximum Gasteiger partial charge on any atom is 0.321 e. The van der Waals surface area contributed by atoms with Crippen LogP contribution in [0.15, 0.2) is 29.3 Å². The van der Waals surface area contributed by atoms with Gasteiger partial charge in [-0.05, 0) is 37.5 Å². The number of likely N-dealkylation sites (tertiary alicyclic amines) is 1. The summed E-state index contributed by atoms with van der Waals surface area (Å²) in [6.07, 6.45) is 2.16. The van der Waals surface area contributed by atoms with Crippen molar-refractivity contribution in [3.05, 3.63) is 29.8 Å².